The second-order valence-electron chi connectivity index (χ2n) is 10.8. The Kier molecular flexibility index (Phi) is 8.80. The smallest absolute Gasteiger partial charge is 1.00 e. The zero-order valence-electron chi connectivity index (χ0n) is 22.0. The summed E-state index contributed by atoms with van der Waals surface area (Å²) in [6.07, 6.45) is 7.88. The molecule has 0 saturated carbocycles. The molecule has 38 heavy (non-hydrogen) atoms. The molecular formula is C35H31Cl2Ti. The molecule has 189 valence electrons. The molecule has 0 spiro atoms. The van der Waals surface area contributed by atoms with E-state index in [4.69, 9.17) is 0 Å². The Bertz CT molecular complexity index is 1480. The standard InChI is InChI=1S/C22H21.C13H10.2ClH.Ti/c1-22(2,3)17-13-19(15-8-4-5-9-15)20-12-16-10-6-7-11-18(16)21(20)14-17;1-3-7-12(8-4-1)11-13-9-5-2-6-10-13;;;/h4-8,10-14H,9H2,1-3H3;1-10H;2*1H;/q;;;;+2/p-2. The van der Waals surface area contributed by atoms with E-state index in [1.807, 2.05) is 0 Å². The van der Waals surface area contributed by atoms with E-state index < -0.39 is 18.7 Å². The van der Waals surface area contributed by atoms with Crippen molar-refractivity contribution in [1.29, 1.82) is 0 Å². The second-order valence-corrected chi connectivity index (χ2v) is 13.0. The Hall–Kier alpha value is -2.48. The fourth-order valence-electron chi connectivity index (χ4n) is 5.52. The molecule has 2 aliphatic carbocycles. The van der Waals surface area contributed by atoms with Crippen LogP contribution >= 0.6 is 0 Å². The number of fused-ring (bicyclic) bond motifs is 3. The maximum atomic E-state index is 2.51. The van der Waals surface area contributed by atoms with Crippen molar-refractivity contribution in [2.75, 3.05) is 0 Å². The second kappa shape index (κ2) is 11.7. The van der Waals surface area contributed by atoms with Crippen molar-refractivity contribution in [3.8, 4) is 11.1 Å². The largest absolute Gasteiger partial charge is 1.00 e. The fourth-order valence-corrected chi connectivity index (χ4v) is 8.36. The predicted octanol–water partition coefficient (Wildman–Crippen LogP) is 2.76. The monoisotopic (exact) mass is 569 g/mol. The molecule has 0 saturated heterocycles. The number of hydrogen-bond acceptors (Lipinski definition) is 0. The first-order valence-electron chi connectivity index (χ1n) is 12.9. The first-order valence-corrected chi connectivity index (χ1v) is 14.6. The van der Waals surface area contributed by atoms with Gasteiger partial charge in [-0.05, 0) is 0 Å². The van der Waals surface area contributed by atoms with Crippen LogP contribution in [0.15, 0.2) is 115 Å². The van der Waals surface area contributed by atoms with Gasteiger partial charge in [0.05, 0.1) is 0 Å². The van der Waals surface area contributed by atoms with Gasteiger partial charge in [0, 0.05) is 0 Å². The van der Waals surface area contributed by atoms with E-state index in [2.05, 4.69) is 136 Å². The van der Waals surface area contributed by atoms with Gasteiger partial charge in [0.25, 0.3) is 0 Å². The molecule has 1 unspecified atom stereocenters. The van der Waals surface area contributed by atoms with Crippen molar-refractivity contribution in [2.45, 2.75) is 36.8 Å². The summed E-state index contributed by atoms with van der Waals surface area (Å²) < 4.78 is 1.98. The minimum atomic E-state index is -0.567. The van der Waals surface area contributed by atoms with Crippen LogP contribution in [0.25, 0.3) is 16.7 Å². The van der Waals surface area contributed by atoms with Gasteiger partial charge in [0.1, 0.15) is 0 Å². The van der Waals surface area contributed by atoms with Crippen LogP contribution in [0.4, 0.5) is 0 Å². The van der Waals surface area contributed by atoms with Gasteiger partial charge in [-0.15, -0.1) is 0 Å². The minimum absolute atomic E-state index is 0. The Morgan fingerprint density at radius 2 is 1.29 bits per heavy atom. The summed E-state index contributed by atoms with van der Waals surface area (Å²) in [6.45, 7) is 7.01. The number of halogens is 2. The molecule has 4 aromatic rings. The summed E-state index contributed by atoms with van der Waals surface area (Å²) in [5, 5.41) is 0. The van der Waals surface area contributed by atoms with Crippen LogP contribution in [0.3, 0.4) is 0 Å². The van der Waals surface area contributed by atoms with Gasteiger partial charge in [0.2, 0.25) is 0 Å². The maximum Gasteiger partial charge on any atom is -1.00 e. The molecule has 0 N–H and O–H groups in total. The van der Waals surface area contributed by atoms with Crippen LogP contribution in [-0.2, 0) is 24.1 Å². The van der Waals surface area contributed by atoms with Gasteiger partial charge in [-0.25, -0.2) is 0 Å². The third-order valence-electron chi connectivity index (χ3n) is 7.43. The molecular weight excluding hydrogens is 539 g/mol. The zero-order chi connectivity index (χ0) is 24.7. The quantitative estimate of drug-likeness (QED) is 0.332. The molecule has 1 atom stereocenters. The summed E-state index contributed by atoms with van der Waals surface area (Å²) in [6, 6.07) is 36.3. The van der Waals surface area contributed by atoms with E-state index in [0.717, 1.165) is 6.42 Å². The molecule has 2 aliphatic rings. The molecule has 0 amide bonds. The molecule has 0 radical (unpaired) electrons. The van der Waals surface area contributed by atoms with E-state index >= 15 is 0 Å². The van der Waals surface area contributed by atoms with Crippen LogP contribution in [-0.4, -0.2) is 3.81 Å². The van der Waals surface area contributed by atoms with E-state index in [1.165, 1.54) is 48.3 Å². The average molecular weight is 570 g/mol. The van der Waals surface area contributed by atoms with Crippen molar-refractivity contribution in [3.63, 3.8) is 0 Å². The van der Waals surface area contributed by atoms with Crippen LogP contribution in [0.5, 0.6) is 0 Å². The summed E-state index contributed by atoms with van der Waals surface area (Å²) in [5.41, 5.74) is 13.1. The van der Waals surface area contributed by atoms with Gasteiger partial charge in [0.15, 0.2) is 0 Å². The van der Waals surface area contributed by atoms with Gasteiger partial charge in [-0.3, -0.25) is 0 Å². The summed E-state index contributed by atoms with van der Waals surface area (Å²) in [7, 11) is 0. The molecule has 4 aromatic carbocycles. The molecule has 6 rings (SSSR count). The van der Waals surface area contributed by atoms with E-state index in [-0.39, 0.29) is 30.2 Å². The Balaban J connectivity index is 0.00000168. The predicted molar refractivity (Wildman–Crippen MR) is 150 cm³/mol. The third kappa shape index (κ3) is 5.34. The van der Waals surface area contributed by atoms with Gasteiger partial charge in [-0.1, -0.05) is 0 Å². The van der Waals surface area contributed by atoms with Crippen LogP contribution in [0, 0.1) is 0 Å². The topological polar surface area (TPSA) is 0 Å². The zero-order valence-corrected chi connectivity index (χ0v) is 25.1. The SMILES string of the molecule is CC(C)(C)c1cc(C2=CC=CC2)c2c(c1)-c1ccccc1[CH]2[Ti+2]=[C](c1ccccc1)c1ccccc1.[Cl-].[Cl-]. The van der Waals surface area contributed by atoms with Crippen LogP contribution in [0.2, 0.25) is 0 Å². The summed E-state index contributed by atoms with van der Waals surface area (Å²) in [4.78, 5) is 0. The van der Waals surface area contributed by atoms with Gasteiger partial charge >= 0.3 is 225 Å². The Morgan fingerprint density at radius 1 is 0.711 bits per heavy atom. The molecule has 3 heteroatoms. The molecule has 0 nitrogen and oxygen atoms in total. The van der Waals surface area contributed by atoms with Crippen molar-refractivity contribution < 1.29 is 43.5 Å². The first kappa shape index (κ1) is 28.5. The fraction of sp³-hybridized carbons (Fsp3) is 0.171. The molecule has 0 aromatic heterocycles. The van der Waals surface area contributed by atoms with Crippen LogP contribution < -0.4 is 24.8 Å². The molecule has 0 heterocycles. The average Bonchev–Trinajstić information content (AvgIpc) is 3.54. The first-order chi connectivity index (χ1) is 17.5. The molecule has 0 fully saturated rings. The van der Waals surface area contributed by atoms with Crippen molar-refractivity contribution in [2.24, 2.45) is 0 Å². The number of benzene rings is 4. The maximum absolute atomic E-state index is 2.51. The molecule has 0 bridgehead atoms. The number of allylic oxidation sites excluding steroid dienone is 4. The number of hydrogen-bond donors (Lipinski definition) is 0. The van der Waals surface area contributed by atoms with E-state index in [1.54, 1.807) is 5.56 Å². The van der Waals surface area contributed by atoms with Crippen molar-refractivity contribution in [3.05, 3.63) is 149 Å². The van der Waals surface area contributed by atoms with E-state index in [0.29, 0.717) is 4.22 Å². The van der Waals surface area contributed by atoms with E-state index in [9.17, 15) is 0 Å². The third-order valence-corrected chi connectivity index (χ3v) is 10.2. The molecule has 0 aliphatic heterocycles. The summed E-state index contributed by atoms with van der Waals surface area (Å²) in [5.74, 6) is 0. The summed E-state index contributed by atoms with van der Waals surface area (Å²) >= 11 is -0.567. The van der Waals surface area contributed by atoms with Gasteiger partial charge in [-0.2, -0.15) is 0 Å². The Labute approximate surface area is 248 Å². The Morgan fingerprint density at radius 3 is 1.87 bits per heavy atom. The van der Waals surface area contributed by atoms with Crippen LogP contribution in [0.1, 0.15) is 64.8 Å². The van der Waals surface area contributed by atoms with Crippen molar-refractivity contribution in [1.82, 2.24) is 0 Å². The van der Waals surface area contributed by atoms with Crippen molar-refractivity contribution >= 4 is 9.38 Å². The normalized spacial score (nSPS) is 14.9. The minimum Gasteiger partial charge on any atom is -1.00 e. The van der Waals surface area contributed by atoms with Gasteiger partial charge < -0.3 is 24.8 Å². The number of rotatable bonds is 4.